The summed E-state index contributed by atoms with van der Waals surface area (Å²) >= 11 is 0. The predicted octanol–water partition coefficient (Wildman–Crippen LogP) is 26.2. The molecule has 516 valence electrons. The Morgan fingerprint density at radius 2 is 0.568 bits per heavy atom. The minimum Gasteiger partial charge on any atom is -0.466 e. The van der Waals surface area contributed by atoms with E-state index in [-0.39, 0.29) is 18.5 Å². The molecule has 0 aromatic heterocycles. The van der Waals surface area contributed by atoms with Gasteiger partial charge in [-0.3, -0.25) is 9.59 Å². The third kappa shape index (κ3) is 72.6. The van der Waals surface area contributed by atoms with E-state index in [1.807, 2.05) is 6.08 Å². The number of ether oxygens (including phenoxy) is 1. The second-order valence-electron chi connectivity index (χ2n) is 27.0. The van der Waals surface area contributed by atoms with Crippen molar-refractivity contribution in [2.45, 2.75) is 437 Å². The van der Waals surface area contributed by atoms with Gasteiger partial charge in [0.1, 0.15) is 0 Å². The monoisotopic (exact) mass is 1230 g/mol. The van der Waals surface area contributed by atoms with Crippen molar-refractivity contribution in [2.24, 2.45) is 0 Å². The van der Waals surface area contributed by atoms with Crippen LogP contribution >= 0.6 is 0 Å². The van der Waals surface area contributed by atoms with Gasteiger partial charge >= 0.3 is 5.97 Å². The van der Waals surface area contributed by atoms with Crippen LogP contribution in [0.4, 0.5) is 0 Å². The minimum absolute atomic E-state index is 0.000957. The Kier molecular flexibility index (Phi) is 74.9. The van der Waals surface area contributed by atoms with Crippen LogP contribution in [-0.4, -0.2) is 47.4 Å². The lowest BCUT2D eigenvalue weighted by atomic mass is 10.0. The number of carbonyl (C=O) groups is 2. The van der Waals surface area contributed by atoms with Crippen LogP contribution in [-0.2, 0) is 14.3 Å². The molecule has 88 heavy (non-hydrogen) atoms. The summed E-state index contributed by atoms with van der Waals surface area (Å²) in [5, 5.41) is 23.3. The molecule has 0 radical (unpaired) electrons. The topological polar surface area (TPSA) is 95.9 Å². The third-order valence-electron chi connectivity index (χ3n) is 18.3. The molecule has 0 aliphatic carbocycles. The maximum absolute atomic E-state index is 12.6. The van der Waals surface area contributed by atoms with Gasteiger partial charge in [-0.25, -0.2) is 0 Å². The highest BCUT2D eigenvalue weighted by atomic mass is 16.5. The van der Waals surface area contributed by atoms with E-state index in [0.29, 0.717) is 19.4 Å². The number of aliphatic hydroxyl groups excluding tert-OH is 2. The first-order valence-electron chi connectivity index (χ1n) is 39.6. The Morgan fingerprint density at radius 3 is 0.886 bits per heavy atom. The highest BCUT2D eigenvalue weighted by molar-refractivity contribution is 5.76. The molecule has 0 fully saturated rings. The maximum atomic E-state index is 12.6. The molecule has 0 heterocycles. The lowest BCUT2D eigenvalue weighted by Crippen LogP contribution is -2.45. The van der Waals surface area contributed by atoms with Crippen molar-refractivity contribution in [1.82, 2.24) is 5.32 Å². The average Bonchev–Trinajstić information content (AvgIpc) is 3.58. The third-order valence-corrected chi connectivity index (χ3v) is 18.3. The van der Waals surface area contributed by atoms with Gasteiger partial charge in [-0.2, -0.15) is 0 Å². The molecule has 0 saturated carbocycles. The van der Waals surface area contributed by atoms with Crippen LogP contribution in [0.5, 0.6) is 0 Å². The van der Waals surface area contributed by atoms with E-state index >= 15 is 0 Å². The van der Waals surface area contributed by atoms with E-state index in [0.717, 1.165) is 57.8 Å². The second kappa shape index (κ2) is 77.0. The summed E-state index contributed by atoms with van der Waals surface area (Å²) in [6.07, 6.45) is 103. The molecular weight excluding hydrogens is 1080 g/mol. The number of hydrogen-bond acceptors (Lipinski definition) is 5. The molecule has 0 aliphatic rings. The van der Waals surface area contributed by atoms with Crippen molar-refractivity contribution in [1.29, 1.82) is 0 Å². The zero-order valence-electron chi connectivity index (χ0n) is 59.2. The normalized spacial score (nSPS) is 12.8. The highest BCUT2D eigenvalue weighted by Gasteiger charge is 2.18. The number of amides is 1. The molecule has 0 aliphatic heterocycles. The summed E-state index contributed by atoms with van der Waals surface area (Å²) in [6, 6.07) is -0.630. The summed E-state index contributed by atoms with van der Waals surface area (Å²) in [7, 11) is 0. The smallest absolute Gasteiger partial charge is 0.305 e. The fourth-order valence-electron chi connectivity index (χ4n) is 12.2. The molecule has 0 aromatic rings. The highest BCUT2D eigenvalue weighted by Crippen LogP contribution is 2.19. The van der Waals surface area contributed by atoms with E-state index in [1.54, 1.807) is 6.08 Å². The van der Waals surface area contributed by atoms with Gasteiger partial charge in [-0.05, 0) is 96.3 Å². The van der Waals surface area contributed by atoms with Crippen molar-refractivity contribution in [3.8, 4) is 0 Å². The van der Waals surface area contributed by atoms with Gasteiger partial charge in [-0.1, -0.05) is 376 Å². The van der Waals surface area contributed by atoms with Crippen LogP contribution in [0.2, 0.25) is 0 Å². The first-order valence-corrected chi connectivity index (χ1v) is 39.6. The van der Waals surface area contributed by atoms with Crippen LogP contribution in [0.3, 0.4) is 0 Å². The molecule has 0 aromatic carbocycles. The van der Waals surface area contributed by atoms with Crippen molar-refractivity contribution in [3.05, 3.63) is 60.8 Å². The van der Waals surface area contributed by atoms with Crippen molar-refractivity contribution >= 4 is 11.9 Å². The molecule has 2 unspecified atom stereocenters. The maximum Gasteiger partial charge on any atom is 0.305 e. The molecular formula is C82H153NO5. The molecule has 0 rings (SSSR count). The first kappa shape index (κ1) is 85.6. The largest absolute Gasteiger partial charge is 0.466 e. The summed E-state index contributed by atoms with van der Waals surface area (Å²) in [5.74, 6) is -0.0642. The summed E-state index contributed by atoms with van der Waals surface area (Å²) in [4.78, 5) is 24.6. The zero-order valence-corrected chi connectivity index (χ0v) is 59.2. The Hall–Kier alpha value is -2.44. The van der Waals surface area contributed by atoms with Gasteiger partial charge in [0.05, 0.1) is 25.4 Å². The van der Waals surface area contributed by atoms with E-state index in [1.165, 1.54) is 340 Å². The van der Waals surface area contributed by atoms with E-state index in [4.69, 9.17) is 4.74 Å². The molecule has 0 spiro atoms. The van der Waals surface area contributed by atoms with Crippen molar-refractivity contribution in [3.63, 3.8) is 0 Å². The average molecular weight is 1230 g/mol. The number of aliphatic hydroxyl groups is 2. The van der Waals surface area contributed by atoms with Crippen LogP contribution in [0.1, 0.15) is 425 Å². The van der Waals surface area contributed by atoms with Gasteiger partial charge < -0.3 is 20.3 Å². The number of unbranched alkanes of at least 4 members (excludes halogenated alkanes) is 55. The molecule has 1 amide bonds. The van der Waals surface area contributed by atoms with Crippen LogP contribution in [0.25, 0.3) is 0 Å². The van der Waals surface area contributed by atoms with E-state index in [9.17, 15) is 19.8 Å². The van der Waals surface area contributed by atoms with Gasteiger partial charge in [0.25, 0.3) is 0 Å². The van der Waals surface area contributed by atoms with E-state index in [2.05, 4.69) is 67.8 Å². The minimum atomic E-state index is -0.847. The van der Waals surface area contributed by atoms with Crippen LogP contribution in [0, 0.1) is 0 Å². The number of nitrogens with one attached hydrogen (secondary N) is 1. The molecule has 6 heteroatoms. The second-order valence-corrected chi connectivity index (χ2v) is 27.0. The fraction of sp³-hybridized carbons (Fsp3) is 0.854. The summed E-state index contributed by atoms with van der Waals surface area (Å²) < 4.78 is 5.48. The Balaban J connectivity index is 3.43. The Bertz CT molecular complexity index is 1520. The van der Waals surface area contributed by atoms with Crippen LogP contribution in [0.15, 0.2) is 60.8 Å². The molecule has 2 atom stereocenters. The molecule has 6 nitrogen and oxygen atoms in total. The fourth-order valence-corrected chi connectivity index (χ4v) is 12.2. The predicted molar refractivity (Wildman–Crippen MR) is 389 cm³/mol. The van der Waals surface area contributed by atoms with Crippen molar-refractivity contribution in [2.75, 3.05) is 13.2 Å². The number of carbonyl (C=O) groups excluding carboxylic acids is 2. The van der Waals surface area contributed by atoms with Gasteiger partial charge in [-0.15, -0.1) is 0 Å². The molecule has 0 bridgehead atoms. The van der Waals surface area contributed by atoms with E-state index < -0.39 is 12.1 Å². The summed E-state index contributed by atoms with van der Waals surface area (Å²) in [6.45, 7) is 4.91. The number of esters is 1. The number of allylic oxidation sites excluding steroid dienone is 9. The Labute approximate surface area is 549 Å². The SMILES string of the molecule is CCCCC/C=C\C/C=C\CCCCCCCC(=O)OCCCCCCCCCCC/C=C\C/C=C\CCCCCCCCCCCCCCCCCC(=O)NC(CO)C(O)/C=C/CCCCCCCCCCCCCCCCCCCCCCCCC. The lowest BCUT2D eigenvalue weighted by Gasteiger charge is -2.20. The Morgan fingerprint density at radius 1 is 0.318 bits per heavy atom. The molecule has 3 N–H and O–H groups in total. The molecule has 0 saturated heterocycles. The quantitative estimate of drug-likeness (QED) is 0.0320. The lowest BCUT2D eigenvalue weighted by molar-refractivity contribution is -0.143. The van der Waals surface area contributed by atoms with Gasteiger partial charge in [0, 0.05) is 12.8 Å². The van der Waals surface area contributed by atoms with Gasteiger partial charge in [0.15, 0.2) is 0 Å². The summed E-state index contributed by atoms with van der Waals surface area (Å²) in [5.41, 5.74) is 0. The van der Waals surface area contributed by atoms with Gasteiger partial charge in [0.2, 0.25) is 5.91 Å². The van der Waals surface area contributed by atoms with Crippen molar-refractivity contribution < 1.29 is 24.5 Å². The van der Waals surface area contributed by atoms with Crippen LogP contribution < -0.4 is 5.32 Å². The number of rotatable bonds is 74. The standard InChI is InChI=1S/C82H153NO5/c1-3-5-7-9-11-13-15-17-19-20-21-22-23-31-34-37-40-43-47-50-54-58-62-66-70-74-80(85)79(78-84)83-81(86)75-71-67-63-59-55-51-48-44-41-38-35-32-29-27-25-24-26-28-30-33-36-39-42-45-49-53-57-61-65-69-73-77-88-82(87)76-72-68-64-60-56-52-46-18-16-14-12-10-8-6-4-2/h12,14,18,26,28,33,36,46,70,74,79-80,84-85H,3-11,13,15-17,19-25,27,29-32,34-35,37-45,47-69,71-73,75-78H2,1-2H3,(H,83,86)/b14-12-,28-26-,36-33-,46-18-,74-70+. The zero-order chi connectivity index (χ0) is 63.5. The number of hydrogen-bond donors (Lipinski definition) is 3. The first-order chi connectivity index (χ1) is 43.5.